The van der Waals surface area contributed by atoms with Crippen molar-refractivity contribution in [2.75, 3.05) is 27.8 Å². The Bertz CT molecular complexity index is 1560. The SMILES string of the molecule is Cc1ccc(-n2nc(C(C)(C)C)cc2NC(=O)Nc2ccc(Oc3ccnc4c3NCC(=O)N4)cc2F)cc1. The monoisotopic (exact) mass is 529 g/mol. The lowest BCUT2D eigenvalue weighted by atomic mass is 9.92. The van der Waals surface area contributed by atoms with Gasteiger partial charge in [0, 0.05) is 29.8 Å². The molecule has 4 N–H and O–H groups in total. The predicted molar refractivity (Wildman–Crippen MR) is 147 cm³/mol. The number of benzene rings is 2. The fourth-order valence-electron chi connectivity index (χ4n) is 3.92. The van der Waals surface area contributed by atoms with E-state index in [4.69, 9.17) is 9.84 Å². The van der Waals surface area contributed by atoms with Crippen molar-refractivity contribution in [3.05, 3.63) is 77.9 Å². The lowest BCUT2D eigenvalue weighted by Gasteiger charge is -2.20. The maximum Gasteiger partial charge on any atom is 0.324 e. The van der Waals surface area contributed by atoms with E-state index in [1.807, 2.05) is 52.0 Å². The Labute approximate surface area is 224 Å². The summed E-state index contributed by atoms with van der Waals surface area (Å²) in [4.78, 5) is 28.6. The second-order valence-electron chi connectivity index (χ2n) is 10.2. The molecule has 0 saturated heterocycles. The maximum atomic E-state index is 15.0. The van der Waals surface area contributed by atoms with Gasteiger partial charge in [-0.15, -0.1) is 0 Å². The third-order valence-corrected chi connectivity index (χ3v) is 6.01. The number of carbonyl (C=O) groups is 2. The summed E-state index contributed by atoms with van der Waals surface area (Å²) in [6, 6.07) is 14.6. The van der Waals surface area contributed by atoms with E-state index in [0.29, 0.717) is 23.1 Å². The average Bonchev–Trinajstić information content (AvgIpc) is 3.30. The molecule has 200 valence electrons. The van der Waals surface area contributed by atoms with E-state index in [2.05, 4.69) is 26.3 Å². The summed E-state index contributed by atoms with van der Waals surface area (Å²) in [7, 11) is 0. The highest BCUT2D eigenvalue weighted by Gasteiger charge is 2.22. The van der Waals surface area contributed by atoms with Crippen LogP contribution < -0.4 is 26.0 Å². The second kappa shape index (κ2) is 10.1. The number of aromatic nitrogens is 3. The van der Waals surface area contributed by atoms with Crippen molar-refractivity contribution in [1.29, 1.82) is 0 Å². The lowest BCUT2D eigenvalue weighted by Crippen LogP contribution is -2.28. The minimum Gasteiger partial charge on any atom is -0.455 e. The molecule has 3 heterocycles. The Balaban J connectivity index is 1.32. The largest absolute Gasteiger partial charge is 0.455 e. The van der Waals surface area contributed by atoms with Gasteiger partial charge in [0.05, 0.1) is 23.6 Å². The molecule has 5 rings (SSSR count). The van der Waals surface area contributed by atoms with Crippen LogP contribution in [-0.4, -0.2) is 33.2 Å². The number of nitrogens with zero attached hydrogens (tertiary/aromatic N) is 3. The molecule has 0 atom stereocenters. The zero-order chi connectivity index (χ0) is 27.7. The number of pyridine rings is 1. The molecule has 0 aliphatic carbocycles. The van der Waals surface area contributed by atoms with Crippen molar-refractivity contribution in [2.45, 2.75) is 33.1 Å². The fraction of sp³-hybridized carbons (Fsp3) is 0.214. The van der Waals surface area contributed by atoms with Crippen molar-refractivity contribution < 1.29 is 18.7 Å². The van der Waals surface area contributed by atoms with Crippen molar-refractivity contribution in [3.8, 4) is 17.2 Å². The molecule has 3 amide bonds. The first kappa shape index (κ1) is 25.7. The summed E-state index contributed by atoms with van der Waals surface area (Å²) >= 11 is 0. The van der Waals surface area contributed by atoms with Crippen molar-refractivity contribution >= 4 is 34.9 Å². The molecule has 1 aliphatic rings. The van der Waals surface area contributed by atoms with Gasteiger partial charge in [-0.05, 0) is 31.2 Å². The number of ether oxygens (including phenoxy) is 1. The highest BCUT2D eigenvalue weighted by Crippen LogP contribution is 2.36. The van der Waals surface area contributed by atoms with Crippen LogP contribution in [-0.2, 0) is 10.2 Å². The molecule has 0 fully saturated rings. The summed E-state index contributed by atoms with van der Waals surface area (Å²) in [6.07, 6.45) is 1.48. The fourth-order valence-corrected chi connectivity index (χ4v) is 3.92. The van der Waals surface area contributed by atoms with E-state index in [0.717, 1.165) is 23.0 Å². The van der Waals surface area contributed by atoms with Crippen molar-refractivity contribution in [1.82, 2.24) is 14.8 Å². The molecule has 0 spiro atoms. The molecule has 0 radical (unpaired) electrons. The molecular formula is C28H28FN7O3. The van der Waals surface area contributed by atoms with Crippen LogP contribution >= 0.6 is 0 Å². The summed E-state index contributed by atoms with van der Waals surface area (Å²) in [5.74, 6) is 0.453. The van der Waals surface area contributed by atoms with Gasteiger partial charge < -0.3 is 20.7 Å². The number of anilines is 4. The predicted octanol–water partition coefficient (Wildman–Crippen LogP) is 5.81. The average molecular weight is 530 g/mol. The van der Waals surface area contributed by atoms with Crippen molar-refractivity contribution in [2.24, 2.45) is 0 Å². The second-order valence-corrected chi connectivity index (χ2v) is 10.2. The summed E-state index contributed by atoms with van der Waals surface area (Å²) < 4.78 is 22.4. The van der Waals surface area contributed by atoms with Gasteiger partial charge in [-0.1, -0.05) is 38.5 Å². The third kappa shape index (κ3) is 5.66. The number of hydrogen-bond donors (Lipinski definition) is 4. The van der Waals surface area contributed by atoms with E-state index in [1.165, 1.54) is 18.3 Å². The number of hydrogen-bond acceptors (Lipinski definition) is 6. The van der Waals surface area contributed by atoms with E-state index >= 15 is 0 Å². The van der Waals surface area contributed by atoms with Crippen LogP contribution in [0.15, 0.2) is 60.8 Å². The minimum absolute atomic E-state index is 0.0283. The van der Waals surface area contributed by atoms with Crippen LogP contribution in [0.4, 0.5) is 32.2 Å². The van der Waals surface area contributed by atoms with Gasteiger partial charge in [-0.2, -0.15) is 5.10 Å². The van der Waals surface area contributed by atoms with Gasteiger partial charge in [0.25, 0.3) is 0 Å². The Morgan fingerprint density at radius 1 is 1.08 bits per heavy atom. The zero-order valence-corrected chi connectivity index (χ0v) is 21.9. The van der Waals surface area contributed by atoms with Crippen LogP contribution in [0.1, 0.15) is 32.0 Å². The van der Waals surface area contributed by atoms with Gasteiger partial charge >= 0.3 is 6.03 Å². The quantitative estimate of drug-likeness (QED) is 0.259. The standard InChI is InChI=1S/C28H28FN7O3/c1-16-5-7-17(8-6-16)36-23(14-22(35-36)28(2,3)4)33-27(38)32-20-10-9-18(13-19(20)29)39-21-11-12-30-26-25(21)31-15-24(37)34-26/h5-14,31H,15H2,1-4H3,(H,30,34,37)(H2,32,33,38). The zero-order valence-electron chi connectivity index (χ0n) is 21.9. The first-order chi connectivity index (χ1) is 18.6. The van der Waals surface area contributed by atoms with Crippen molar-refractivity contribution in [3.63, 3.8) is 0 Å². The highest BCUT2D eigenvalue weighted by molar-refractivity contribution is 6.01. The van der Waals surface area contributed by atoms with Crippen LogP contribution in [0, 0.1) is 12.7 Å². The third-order valence-electron chi connectivity index (χ3n) is 6.01. The Hall–Kier alpha value is -4.93. The molecule has 0 bridgehead atoms. The smallest absolute Gasteiger partial charge is 0.324 e. The van der Waals surface area contributed by atoms with Gasteiger partial charge in [-0.3, -0.25) is 10.1 Å². The number of halogens is 1. The topological polar surface area (TPSA) is 122 Å². The number of fused-ring (bicyclic) bond motifs is 1. The molecule has 4 aromatic rings. The summed E-state index contributed by atoms with van der Waals surface area (Å²) in [5, 5.41) is 15.6. The van der Waals surface area contributed by atoms with E-state index in [9.17, 15) is 14.0 Å². The number of urea groups is 1. The first-order valence-electron chi connectivity index (χ1n) is 12.3. The number of aryl methyl sites for hydroxylation is 1. The number of nitrogens with one attached hydrogen (secondary N) is 4. The van der Waals surface area contributed by atoms with Gasteiger partial charge in [0.2, 0.25) is 5.91 Å². The van der Waals surface area contributed by atoms with Gasteiger partial charge in [0.15, 0.2) is 11.6 Å². The molecule has 11 heteroatoms. The Kier molecular flexibility index (Phi) is 6.65. The molecule has 10 nitrogen and oxygen atoms in total. The van der Waals surface area contributed by atoms with Crippen LogP contribution in [0.5, 0.6) is 11.5 Å². The van der Waals surface area contributed by atoms with E-state index < -0.39 is 11.8 Å². The van der Waals surface area contributed by atoms with Gasteiger partial charge in [0.1, 0.15) is 23.1 Å². The van der Waals surface area contributed by atoms with Crippen LogP contribution in [0.25, 0.3) is 5.69 Å². The summed E-state index contributed by atoms with van der Waals surface area (Å²) in [5.41, 5.74) is 2.90. The van der Waals surface area contributed by atoms with Crippen LogP contribution in [0.3, 0.4) is 0 Å². The number of amides is 3. The Morgan fingerprint density at radius 2 is 1.85 bits per heavy atom. The molecular weight excluding hydrogens is 501 g/mol. The van der Waals surface area contributed by atoms with E-state index in [1.54, 1.807) is 16.8 Å². The molecule has 2 aromatic heterocycles. The molecule has 2 aromatic carbocycles. The van der Waals surface area contributed by atoms with Gasteiger partial charge in [-0.25, -0.2) is 18.9 Å². The van der Waals surface area contributed by atoms with Crippen LogP contribution in [0.2, 0.25) is 0 Å². The Morgan fingerprint density at radius 3 is 2.56 bits per heavy atom. The maximum absolute atomic E-state index is 15.0. The highest BCUT2D eigenvalue weighted by atomic mass is 19.1. The minimum atomic E-state index is -0.686. The molecule has 0 saturated carbocycles. The summed E-state index contributed by atoms with van der Waals surface area (Å²) in [6.45, 7) is 8.16. The normalized spacial score (nSPS) is 12.7. The molecule has 0 unspecified atom stereocenters. The lowest BCUT2D eigenvalue weighted by molar-refractivity contribution is -0.114. The molecule has 1 aliphatic heterocycles. The number of carbonyl (C=O) groups excluding carboxylic acids is 2. The number of rotatable bonds is 5. The first-order valence-corrected chi connectivity index (χ1v) is 12.3. The van der Waals surface area contributed by atoms with E-state index in [-0.39, 0.29) is 29.3 Å². The molecule has 39 heavy (non-hydrogen) atoms.